The van der Waals surface area contributed by atoms with Gasteiger partial charge in [-0.15, -0.1) is 10.2 Å². The Morgan fingerprint density at radius 3 is 2.93 bits per heavy atom. The third-order valence-corrected chi connectivity index (χ3v) is 3.04. The lowest BCUT2D eigenvalue weighted by Crippen LogP contribution is -1.81. The van der Waals surface area contributed by atoms with Crippen molar-refractivity contribution in [3.8, 4) is 0 Å². The van der Waals surface area contributed by atoms with Crippen LogP contribution in [0.25, 0.3) is 0 Å². The van der Waals surface area contributed by atoms with E-state index in [0.717, 1.165) is 29.6 Å². The summed E-state index contributed by atoms with van der Waals surface area (Å²) in [5, 5.41) is 9.18. The summed E-state index contributed by atoms with van der Waals surface area (Å²) in [6, 6.07) is 8.08. The summed E-state index contributed by atoms with van der Waals surface area (Å²) in [6.07, 6.45) is 0.981. The van der Waals surface area contributed by atoms with Crippen LogP contribution in [0.5, 0.6) is 0 Å². The molecule has 1 aromatic carbocycles. The van der Waals surface area contributed by atoms with Crippen LogP contribution in [-0.4, -0.2) is 17.5 Å². The number of thioether (sulfide) groups is 1. The molecular weight excluding hydrogens is 206 g/mol. The molecule has 0 saturated carbocycles. The van der Waals surface area contributed by atoms with Gasteiger partial charge in [0.1, 0.15) is 0 Å². The molecule has 0 aromatic heterocycles. The Kier molecular flexibility index (Phi) is 3.50. The first-order valence-electron chi connectivity index (χ1n) is 5.07. The van der Waals surface area contributed by atoms with Gasteiger partial charge in [-0.1, -0.05) is 36.9 Å². The van der Waals surface area contributed by atoms with Crippen LogP contribution in [-0.2, 0) is 6.42 Å². The van der Waals surface area contributed by atoms with E-state index in [0.29, 0.717) is 0 Å². The molecule has 4 heteroatoms. The zero-order valence-corrected chi connectivity index (χ0v) is 9.50. The van der Waals surface area contributed by atoms with Gasteiger partial charge < -0.3 is 0 Å². The first kappa shape index (κ1) is 10.4. The van der Waals surface area contributed by atoms with Crippen LogP contribution in [0.15, 0.2) is 39.5 Å². The van der Waals surface area contributed by atoms with Crippen molar-refractivity contribution >= 4 is 22.6 Å². The molecule has 78 valence electrons. The number of hydrogen-bond acceptors (Lipinski definition) is 4. The fourth-order valence-corrected chi connectivity index (χ4v) is 2.03. The smallest absolute Gasteiger partial charge is 0.204 e. The number of amidine groups is 1. The van der Waals surface area contributed by atoms with E-state index >= 15 is 0 Å². The second-order valence-corrected chi connectivity index (χ2v) is 4.26. The Labute approximate surface area is 93.7 Å². The van der Waals surface area contributed by atoms with E-state index in [1.165, 1.54) is 5.56 Å². The van der Waals surface area contributed by atoms with E-state index in [1.54, 1.807) is 11.8 Å². The lowest BCUT2D eigenvalue weighted by atomic mass is 10.1. The second-order valence-electron chi connectivity index (χ2n) is 3.20. The molecule has 1 heterocycles. The quantitative estimate of drug-likeness (QED) is 0.702. The molecular formula is C11H13N3S. The maximum Gasteiger partial charge on any atom is 0.204 e. The van der Waals surface area contributed by atoms with Crippen molar-refractivity contribution in [3.05, 3.63) is 29.8 Å². The number of nitrogens with zero attached hydrogens (tertiary/aromatic N) is 3. The first-order valence-corrected chi connectivity index (χ1v) is 6.05. The monoisotopic (exact) mass is 219 g/mol. The molecule has 0 N–H and O–H groups in total. The minimum Gasteiger partial charge on any atom is -0.258 e. The van der Waals surface area contributed by atoms with Crippen LogP contribution >= 0.6 is 11.8 Å². The van der Waals surface area contributed by atoms with E-state index in [1.807, 2.05) is 18.2 Å². The molecule has 1 aliphatic rings. The van der Waals surface area contributed by atoms with Gasteiger partial charge in [0.25, 0.3) is 0 Å². The number of aliphatic imine (C=N–C) groups is 1. The topological polar surface area (TPSA) is 37.1 Å². The van der Waals surface area contributed by atoms with E-state index in [2.05, 4.69) is 28.2 Å². The molecule has 0 bridgehead atoms. The number of benzene rings is 1. The summed E-state index contributed by atoms with van der Waals surface area (Å²) in [7, 11) is 0. The lowest BCUT2D eigenvalue weighted by molar-refractivity contribution is 1.11. The summed E-state index contributed by atoms with van der Waals surface area (Å²) in [6.45, 7) is 2.99. The molecule has 0 atom stereocenters. The highest BCUT2D eigenvalue weighted by Gasteiger charge is 2.05. The number of aryl methyl sites for hydroxylation is 1. The maximum absolute atomic E-state index is 4.23. The molecule has 3 nitrogen and oxygen atoms in total. The Morgan fingerprint density at radius 2 is 2.20 bits per heavy atom. The third-order valence-electron chi connectivity index (χ3n) is 2.19. The summed E-state index contributed by atoms with van der Waals surface area (Å²) in [5.74, 6) is 1.03. The highest BCUT2D eigenvalue weighted by molar-refractivity contribution is 8.14. The summed E-state index contributed by atoms with van der Waals surface area (Å²) < 4.78 is 0. The van der Waals surface area contributed by atoms with E-state index in [-0.39, 0.29) is 0 Å². The molecule has 15 heavy (non-hydrogen) atoms. The maximum atomic E-state index is 4.23. The SMILES string of the molecule is CCc1ccccc1N=NC1=NCCS1. The summed E-state index contributed by atoms with van der Waals surface area (Å²) in [4.78, 5) is 4.23. The zero-order chi connectivity index (χ0) is 10.5. The van der Waals surface area contributed by atoms with Crippen molar-refractivity contribution in [1.82, 2.24) is 0 Å². The van der Waals surface area contributed by atoms with E-state index < -0.39 is 0 Å². The van der Waals surface area contributed by atoms with Gasteiger partial charge in [0.05, 0.1) is 12.2 Å². The number of azo groups is 1. The molecule has 1 aliphatic heterocycles. The van der Waals surface area contributed by atoms with E-state index in [9.17, 15) is 0 Å². The van der Waals surface area contributed by atoms with Crippen molar-refractivity contribution in [2.75, 3.05) is 12.3 Å². The predicted molar refractivity (Wildman–Crippen MR) is 65.1 cm³/mol. The van der Waals surface area contributed by atoms with E-state index in [4.69, 9.17) is 0 Å². The van der Waals surface area contributed by atoms with Crippen LogP contribution < -0.4 is 0 Å². The molecule has 0 unspecified atom stereocenters. The summed E-state index contributed by atoms with van der Waals surface area (Å²) in [5.41, 5.74) is 2.18. The van der Waals surface area contributed by atoms with Crippen molar-refractivity contribution in [2.24, 2.45) is 15.2 Å². The normalized spacial score (nSPS) is 15.9. The lowest BCUT2D eigenvalue weighted by Gasteiger charge is -1.99. The molecule has 0 spiro atoms. The molecule has 2 rings (SSSR count). The van der Waals surface area contributed by atoms with Gasteiger partial charge >= 0.3 is 0 Å². The number of hydrogen-bond donors (Lipinski definition) is 0. The Balaban J connectivity index is 2.15. The molecule has 0 fully saturated rings. The fraction of sp³-hybridized carbons (Fsp3) is 0.364. The average Bonchev–Trinajstić information content (AvgIpc) is 2.79. The minimum absolute atomic E-state index is 0.806. The van der Waals surface area contributed by atoms with Crippen LogP contribution in [0.3, 0.4) is 0 Å². The Morgan fingerprint density at radius 1 is 1.33 bits per heavy atom. The van der Waals surface area contributed by atoms with Crippen LogP contribution in [0.4, 0.5) is 5.69 Å². The molecule has 1 aromatic rings. The van der Waals surface area contributed by atoms with Crippen molar-refractivity contribution in [2.45, 2.75) is 13.3 Å². The molecule has 0 radical (unpaired) electrons. The fourth-order valence-electron chi connectivity index (χ4n) is 1.39. The average molecular weight is 219 g/mol. The largest absolute Gasteiger partial charge is 0.258 e. The van der Waals surface area contributed by atoms with Gasteiger partial charge in [-0.2, -0.15) is 0 Å². The Hall–Kier alpha value is -1.16. The van der Waals surface area contributed by atoms with Crippen LogP contribution in [0, 0.1) is 0 Å². The highest BCUT2D eigenvalue weighted by Crippen LogP contribution is 2.21. The molecule has 0 aliphatic carbocycles. The van der Waals surface area contributed by atoms with Gasteiger partial charge in [0.15, 0.2) is 0 Å². The standard InChI is InChI=1S/C11H13N3S/c1-2-9-5-3-4-6-10(9)13-14-11-12-7-8-15-11/h3-6H,2,7-8H2,1H3. The second kappa shape index (κ2) is 5.07. The molecule has 0 amide bonds. The van der Waals surface area contributed by atoms with Crippen LogP contribution in [0.2, 0.25) is 0 Å². The summed E-state index contributed by atoms with van der Waals surface area (Å²) >= 11 is 1.66. The van der Waals surface area contributed by atoms with Crippen molar-refractivity contribution in [3.63, 3.8) is 0 Å². The van der Waals surface area contributed by atoms with Gasteiger partial charge in [0, 0.05) is 5.75 Å². The van der Waals surface area contributed by atoms with Gasteiger partial charge in [-0.3, -0.25) is 4.99 Å². The highest BCUT2D eigenvalue weighted by atomic mass is 32.2. The molecule has 0 saturated heterocycles. The van der Waals surface area contributed by atoms with Gasteiger partial charge in [-0.25, -0.2) is 0 Å². The third kappa shape index (κ3) is 2.65. The van der Waals surface area contributed by atoms with Crippen molar-refractivity contribution < 1.29 is 0 Å². The first-order chi connectivity index (χ1) is 7.40. The van der Waals surface area contributed by atoms with Gasteiger partial charge in [-0.05, 0) is 18.1 Å². The zero-order valence-electron chi connectivity index (χ0n) is 8.68. The Bertz CT molecular complexity index is 399. The van der Waals surface area contributed by atoms with Crippen LogP contribution in [0.1, 0.15) is 12.5 Å². The van der Waals surface area contributed by atoms with Gasteiger partial charge in [0.2, 0.25) is 5.17 Å². The number of rotatable bonds is 2. The van der Waals surface area contributed by atoms with Crippen molar-refractivity contribution in [1.29, 1.82) is 0 Å². The minimum atomic E-state index is 0.806. The predicted octanol–water partition coefficient (Wildman–Crippen LogP) is 3.44.